The van der Waals surface area contributed by atoms with Gasteiger partial charge in [-0.2, -0.15) is 0 Å². The van der Waals surface area contributed by atoms with Crippen molar-refractivity contribution in [1.82, 2.24) is 15.3 Å². The number of hydrogen-bond donors (Lipinski definition) is 1. The van der Waals surface area contributed by atoms with E-state index in [0.29, 0.717) is 19.2 Å². The molecule has 0 fully saturated rings. The predicted octanol–water partition coefficient (Wildman–Crippen LogP) is 2.09. The maximum absolute atomic E-state index is 5.47. The molecule has 0 saturated heterocycles. The fraction of sp³-hybridized carbons (Fsp3) is 0.714. The number of rotatable bonds is 7. The van der Waals surface area contributed by atoms with Gasteiger partial charge in [0.25, 0.3) is 0 Å². The molecule has 5 nitrogen and oxygen atoms in total. The van der Waals surface area contributed by atoms with Crippen molar-refractivity contribution in [1.29, 1.82) is 0 Å². The number of aromatic nitrogens is 2. The lowest BCUT2D eigenvalue weighted by Gasteiger charge is -2.20. The summed E-state index contributed by atoms with van der Waals surface area (Å²) in [5, 5.41) is 3.42. The molecule has 0 amide bonds. The molecular formula is C14H25N3O2. The van der Waals surface area contributed by atoms with Gasteiger partial charge >= 0.3 is 6.01 Å². The van der Waals surface area contributed by atoms with E-state index in [-0.39, 0.29) is 5.54 Å². The Morgan fingerprint density at radius 1 is 1.26 bits per heavy atom. The highest BCUT2D eigenvalue weighted by Crippen LogP contribution is 2.10. The van der Waals surface area contributed by atoms with Gasteiger partial charge in [-0.05, 0) is 27.7 Å². The largest absolute Gasteiger partial charge is 0.463 e. The molecule has 1 N–H and O–H groups in total. The molecule has 0 atom stereocenters. The maximum atomic E-state index is 5.47. The van der Waals surface area contributed by atoms with Crippen molar-refractivity contribution >= 4 is 0 Å². The summed E-state index contributed by atoms with van der Waals surface area (Å²) < 4.78 is 10.4. The first kappa shape index (κ1) is 15.9. The first-order valence-electron chi connectivity index (χ1n) is 6.61. The van der Waals surface area contributed by atoms with Crippen LogP contribution in [0.3, 0.4) is 0 Å². The average Bonchev–Trinajstić information content (AvgIpc) is 2.32. The van der Waals surface area contributed by atoms with Gasteiger partial charge in [0.2, 0.25) is 0 Å². The van der Waals surface area contributed by atoms with Crippen LogP contribution < -0.4 is 10.1 Å². The fourth-order valence-corrected chi connectivity index (χ4v) is 1.44. The van der Waals surface area contributed by atoms with Crippen molar-refractivity contribution in [2.45, 2.75) is 46.2 Å². The SMILES string of the molecule is COCCCOc1ncc(CNC(C)(C)C)c(C)n1. The first-order valence-corrected chi connectivity index (χ1v) is 6.61. The van der Waals surface area contributed by atoms with Gasteiger partial charge in [-0.15, -0.1) is 0 Å². The number of aryl methyl sites for hydroxylation is 1. The summed E-state index contributed by atoms with van der Waals surface area (Å²) in [5.41, 5.74) is 2.13. The molecule has 0 aromatic carbocycles. The van der Waals surface area contributed by atoms with Crippen LogP contribution in [-0.2, 0) is 11.3 Å². The molecule has 1 heterocycles. The normalized spacial score (nSPS) is 11.6. The monoisotopic (exact) mass is 267 g/mol. The van der Waals surface area contributed by atoms with E-state index in [1.54, 1.807) is 7.11 Å². The Morgan fingerprint density at radius 2 is 2.00 bits per heavy atom. The number of nitrogens with zero attached hydrogens (tertiary/aromatic N) is 2. The number of nitrogens with one attached hydrogen (secondary N) is 1. The summed E-state index contributed by atoms with van der Waals surface area (Å²) in [6, 6.07) is 0.438. The minimum atomic E-state index is 0.0851. The third-order valence-corrected chi connectivity index (χ3v) is 2.59. The molecule has 0 saturated carbocycles. The van der Waals surface area contributed by atoms with E-state index in [0.717, 1.165) is 24.2 Å². The molecule has 1 aromatic heterocycles. The fourth-order valence-electron chi connectivity index (χ4n) is 1.44. The van der Waals surface area contributed by atoms with E-state index >= 15 is 0 Å². The second-order valence-electron chi connectivity index (χ2n) is 5.56. The zero-order valence-corrected chi connectivity index (χ0v) is 12.6. The summed E-state index contributed by atoms with van der Waals surface area (Å²) in [6.07, 6.45) is 2.67. The Balaban J connectivity index is 2.49. The third-order valence-electron chi connectivity index (χ3n) is 2.59. The molecular weight excluding hydrogens is 242 g/mol. The van der Waals surface area contributed by atoms with E-state index in [2.05, 4.69) is 36.1 Å². The van der Waals surface area contributed by atoms with E-state index in [9.17, 15) is 0 Å². The van der Waals surface area contributed by atoms with Gasteiger partial charge in [0.05, 0.1) is 6.61 Å². The molecule has 0 spiro atoms. The minimum absolute atomic E-state index is 0.0851. The second kappa shape index (κ2) is 7.40. The van der Waals surface area contributed by atoms with Crippen LogP contribution in [-0.4, -0.2) is 35.8 Å². The molecule has 0 aliphatic rings. The van der Waals surface area contributed by atoms with Crippen molar-refractivity contribution in [2.24, 2.45) is 0 Å². The third kappa shape index (κ3) is 6.50. The van der Waals surface area contributed by atoms with Gasteiger partial charge in [-0.3, -0.25) is 0 Å². The van der Waals surface area contributed by atoms with Crippen molar-refractivity contribution in [2.75, 3.05) is 20.3 Å². The topological polar surface area (TPSA) is 56.3 Å². The van der Waals surface area contributed by atoms with Crippen molar-refractivity contribution < 1.29 is 9.47 Å². The van der Waals surface area contributed by atoms with Crippen LogP contribution in [0.1, 0.15) is 38.4 Å². The van der Waals surface area contributed by atoms with Gasteiger partial charge in [0.15, 0.2) is 0 Å². The minimum Gasteiger partial charge on any atom is -0.463 e. The highest BCUT2D eigenvalue weighted by Gasteiger charge is 2.10. The van der Waals surface area contributed by atoms with Crippen LogP contribution in [0.25, 0.3) is 0 Å². The number of ether oxygens (including phenoxy) is 2. The van der Waals surface area contributed by atoms with Crippen molar-refractivity contribution in [3.05, 3.63) is 17.5 Å². The molecule has 1 aromatic rings. The maximum Gasteiger partial charge on any atom is 0.316 e. The zero-order valence-electron chi connectivity index (χ0n) is 12.6. The van der Waals surface area contributed by atoms with Crippen LogP contribution >= 0.6 is 0 Å². The summed E-state index contributed by atoms with van der Waals surface area (Å²) in [5.74, 6) is 0. The van der Waals surface area contributed by atoms with Crippen LogP contribution in [0.2, 0.25) is 0 Å². The summed E-state index contributed by atoms with van der Waals surface area (Å²) in [4.78, 5) is 8.58. The highest BCUT2D eigenvalue weighted by atomic mass is 16.5. The molecule has 0 unspecified atom stereocenters. The lowest BCUT2D eigenvalue weighted by atomic mass is 10.1. The smallest absolute Gasteiger partial charge is 0.316 e. The van der Waals surface area contributed by atoms with E-state index in [1.165, 1.54) is 0 Å². The van der Waals surface area contributed by atoms with Crippen LogP contribution in [0, 0.1) is 6.92 Å². The first-order chi connectivity index (χ1) is 8.92. The van der Waals surface area contributed by atoms with Crippen molar-refractivity contribution in [3.8, 4) is 6.01 Å². The van der Waals surface area contributed by atoms with Gasteiger partial charge < -0.3 is 14.8 Å². The van der Waals surface area contributed by atoms with E-state index in [1.807, 2.05) is 13.1 Å². The molecule has 0 aliphatic heterocycles. The molecule has 0 bridgehead atoms. The van der Waals surface area contributed by atoms with Crippen molar-refractivity contribution in [3.63, 3.8) is 0 Å². The Bertz CT molecular complexity index is 389. The van der Waals surface area contributed by atoms with Gasteiger partial charge in [0.1, 0.15) is 0 Å². The molecule has 0 aliphatic carbocycles. The summed E-state index contributed by atoms with van der Waals surface area (Å²) in [6.45, 7) is 10.4. The molecule has 0 radical (unpaired) electrons. The quantitative estimate of drug-likeness (QED) is 0.767. The zero-order chi connectivity index (χ0) is 14.3. The Hall–Kier alpha value is -1.20. The van der Waals surface area contributed by atoms with Gasteiger partial charge in [-0.1, -0.05) is 0 Å². The lowest BCUT2D eigenvalue weighted by Crippen LogP contribution is -2.35. The molecule has 19 heavy (non-hydrogen) atoms. The van der Waals surface area contributed by atoms with Gasteiger partial charge in [0, 0.05) is 49.7 Å². The van der Waals surface area contributed by atoms with E-state index < -0.39 is 0 Å². The Labute approximate surface area is 115 Å². The average molecular weight is 267 g/mol. The number of methoxy groups -OCH3 is 1. The summed E-state index contributed by atoms with van der Waals surface area (Å²) >= 11 is 0. The number of hydrogen-bond acceptors (Lipinski definition) is 5. The van der Waals surface area contributed by atoms with Crippen LogP contribution in [0.4, 0.5) is 0 Å². The predicted molar refractivity (Wildman–Crippen MR) is 75.3 cm³/mol. The highest BCUT2D eigenvalue weighted by molar-refractivity contribution is 5.17. The molecule has 5 heteroatoms. The Kier molecular flexibility index (Phi) is 6.18. The molecule has 108 valence electrons. The molecule has 1 rings (SSSR count). The van der Waals surface area contributed by atoms with Gasteiger partial charge in [-0.25, -0.2) is 9.97 Å². The second-order valence-corrected chi connectivity index (χ2v) is 5.56. The lowest BCUT2D eigenvalue weighted by molar-refractivity contribution is 0.168. The van der Waals surface area contributed by atoms with E-state index in [4.69, 9.17) is 9.47 Å². The Morgan fingerprint density at radius 3 is 2.58 bits per heavy atom. The summed E-state index contributed by atoms with van der Waals surface area (Å²) in [7, 11) is 1.68. The van der Waals surface area contributed by atoms with Crippen LogP contribution in [0.15, 0.2) is 6.20 Å². The van der Waals surface area contributed by atoms with Crippen LogP contribution in [0.5, 0.6) is 6.01 Å². The standard InChI is InChI=1S/C14H25N3O2/c1-11-12(10-16-14(2,3)4)9-15-13(17-11)19-8-6-7-18-5/h9,16H,6-8,10H2,1-5H3.